The first-order valence-corrected chi connectivity index (χ1v) is 10.6. The first-order valence-electron chi connectivity index (χ1n) is 10.6. The van der Waals surface area contributed by atoms with Crippen LogP contribution < -0.4 is 10.1 Å². The number of hydrogen-bond donors (Lipinski definition) is 2. The summed E-state index contributed by atoms with van der Waals surface area (Å²) < 4.78 is 29.5. The number of hydrogen-bond acceptors (Lipinski definition) is 2. The molecule has 0 saturated heterocycles. The van der Waals surface area contributed by atoms with Crippen LogP contribution in [0.25, 0.3) is 10.9 Å². The van der Waals surface area contributed by atoms with Crippen molar-refractivity contribution in [1.82, 2.24) is 10.3 Å². The van der Waals surface area contributed by atoms with Crippen molar-refractivity contribution < 1.29 is 13.5 Å². The average molecular weight is 418 g/mol. The van der Waals surface area contributed by atoms with Crippen LogP contribution in [0.1, 0.15) is 46.8 Å². The molecule has 31 heavy (non-hydrogen) atoms. The van der Waals surface area contributed by atoms with Gasteiger partial charge in [0.1, 0.15) is 5.75 Å². The number of H-pyrrole nitrogens is 1. The fourth-order valence-corrected chi connectivity index (χ4v) is 4.62. The van der Waals surface area contributed by atoms with Crippen molar-refractivity contribution in [2.45, 2.75) is 31.9 Å². The van der Waals surface area contributed by atoms with Gasteiger partial charge < -0.3 is 15.0 Å². The third-order valence-electron chi connectivity index (χ3n) is 6.17. The largest absolute Gasteiger partial charge is 0.435 e. The van der Waals surface area contributed by atoms with Crippen LogP contribution in [-0.4, -0.2) is 18.1 Å². The van der Waals surface area contributed by atoms with E-state index in [1.807, 2.05) is 18.2 Å². The highest BCUT2D eigenvalue weighted by Gasteiger charge is 2.32. The van der Waals surface area contributed by atoms with E-state index in [1.54, 1.807) is 12.1 Å². The van der Waals surface area contributed by atoms with Gasteiger partial charge in [-0.25, -0.2) is 0 Å². The highest BCUT2D eigenvalue weighted by molar-refractivity contribution is 5.86. The van der Waals surface area contributed by atoms with Gasteiger partial charge in [-0.15, -0.1) is 0 Å². The summed E-state index contributed by atoms with van der Waals surface area (Å²) in [6.45, 7) is 0.135. The maximum atomic E-state index is 12.5. The van der Waals surface area contributed by atoms with Gasteiger partial charge in [0.25, 0.3) is 0 Å². The molecule has 1 aliphatic heterocycles. The molecule has 0 amide bonds. The zero-order chi connectivity index (χ0) is 21.4. The van der Waals surface area contributed by atoms with E-state index in [4.69, 9.17) is 0 Å². The molecule has 0 spiro atoms. The number of ether oxygens (including phenoxy) is 1. The van der Waals surface area contributed by atoms with E-state index < -0.39 is 6.61 Å². The van der Waals surface area contributed by atoms with Crippen molar-refractivity contribution in [3.63, 3.8) is 0 Å². The predicted molar refractivity (Wildman–Crippen MR) is 119 cm³/mol. The highest BCUT2D eigenvalue weighted by atomic mass is 19.3. The Morgan fingerprint density at radius 2 is 1.65 bits per heavy atom. The van der Waals surface area contributed by atoms with Crippen LogP contribution in [0.15, 0.2) is 72.8 Å². The van der Waals surface area contributed by atoms with E-state index in [0.29, 0.717) is 0 Å². The van der Waals surface area contributed by atoms with Crippen molar-refractivity contribution in [1.29, 1.82) is 0 Å². The molecule has 1 aromatic heterocycles. The van der Waals surface area contributed by atoms with Crippen molar-refractivity contribution in [2.24, 2.45) is 0 Å². The molecule has 5 rings (SSSR count). The lowest BCUT2D eigenvalue weighted by atomic mass is 9.83. The molecule has 158 valence electrons. The van der Waals surface area contributed by atoms with Crippen LogP contribution in [0.3, 0.4) is 0 Å². The summed E-state index contributed by atoms with van der Waals surface area (Å²) in [5.41, 5.74) is 7.16. The van der Waals surface area contributed by atoms with E-state index in [-0.39, 0.29) is 17.7 Å². The van der Waals surface area contributed by atoms with E-state index >= 15 is 0 Å². The normalized spacial score (nSPS) is 18.3. The Bertz CT molecular complexity index is 1180. The lowest BCUT2D eigenvalue weighted by Crippen LogP contribution is -2.34. The molecule has 3 nitrogen and oxygen atoms in total. The summed E-state index contributed by atoms with van der Waals surface area (Å²) in [7, 11) is 0. The topological polar surface area (TPSA) is 37.0 Å². The standard InChI is InChI=1S/C26H24F2N2O/c1-2-16-7-9-17(10-8-16)21-15-29-24(18-11-13-19(14-12-18)31-26(27)28)25-23(21)20-5-3-4-6-22(20)30-25/h3-14,21,24,26,29-30H,2,15H2,1H3. The monoisotopic (exact) mass is 418 g/mol. The molecule has 2 heterocycles. The van der Waals surface area contributed by atoms with E-state index in [2.05, 4.69) is 64.4 Å². The summed E-state index contributed by atoms with van der Waals surface area (Å²) in [6, 6.07) is 24.1. The quantitative estimate of drug-likeness (QED) is 0.407. The molecule has 2 N–H and O–H groups in total. The summed E-state index contributed by atoms with van der Waals surface area (Å²) in [4.78, 5) is 3.62. The highest BCUT2D eigenvalue weighted by Crippen LogP contribution is 2.41. The first kappa shape index (κ1) is 19.8. The van der Waals surface area contributed by atoms with Crippen molar-refractivity contribution in [2.75, 3.05) is 6.54 Å². The number of aryl methyl sites for hydroxylation is 1. The van der Waals surface area contributed by atoms with E-state index in [9.17, 15) is 8.78 Å². The lowest BCUT2D eigenvalue weighted by molar-refractivity contribution is -0.0498. The number of fused-ring (bicyclic) bond motifs is 3. The van der Waals surface area contributed by atoms with Crippen LogP contribution in [-0.2, 0) is 6.42 Å². The second-order valence-corrected chi connectivity index (χ2v) is 7.93. The van der Waals surface area contributed by atoms with Crippen molar-refractivity contribution >= 4 is 10.9 Å². The smallest absolute Gasteiger partial charge is 0.387 e. The van der Waals surface area contributed by atoms with Gasteiger partial charge >= 0.3 is 6.61 Å². The SMILES string of the molecule is CCc1ccc(C2CNC(c3ccc(OC(F)F)cc3)c3[nH]c4ccccc4c32)cc1. The van der Waals surface area contributed by atoms with Gasteiger partial charge in [-0.1, -0.05) is 61.5 Å². The predicted octanol–water partition coefficient (Wildman–Crippen LogP) is 6.16. The van der Waals surface area contributed by atoms with Gasteiger partial charge in [0.05, 0.1) is 6.04 Å². The van der Waals surface area contributed by atoms with Crippen LogP contribution in [0.2, 0.25) is 0 Å². The van der Waals surface area contributed by atoms with Crippen LogP contribution >= 0.6 is 0 Å². The number of aromatic amines is 1. The minimum absolute atomic E-state index is 0.0471. The number of nitrogens with one attached hydrogen (secondary N) is 2. The van der Waals surface area contributed by atoms with Gasteiger partial charge in [-0.05, 0) is 46.9 Å². The Labute approximate surface area is 180 Å². The average Bonchev–Trinajstić information content (AvgIpc) is 3.19. The van der Waals surface area contributed by atoms with Gasteiger partial charge in [0.2, 0.25) is 0 Å². The Morgan fingerprint density at radius 3 is 2.35 bits per heavy atom. The zero-order valence-corrected chi connectivity index (χ0v) is 17.2. The molecule has 4 aromatic rings. The molecule has 0 aliphatic carbocycles. The van der Waals surface area contributed by atoms with E-state index in [0.717, 1.165) is 29.7 Å². The van der Waals surface area contributed by atoms with Crippen LogP contribution in [0.4, 0.5) is 8.78 Å². The fourth-order valence-electron chi connectivity index (χ4n) is 4.62. The molecule has 2 unspecified atom stereocenters. The fraction of sp³-hybridized carbons (Fsp3) is 0.231. The number of alkyl halides is 2. The number of rotatable bonds is 5. The Kier molecular flexibility index (Phi) is 5.20. The minimum Gasteiger partial charge on any atom is -0.435 e. The number of benzene rings is 3. The summed E-state index contributed by atoms with van der Waals surface area (Å²) in [5, 5.41) is 4.90. The molecule has 0 bridgehead atoms. The maximum Gasteiger partial charge on any atom is 0.387 e. The zero-order valence-electron chi connectivity index (χ0n) is 17.2. The van der Waals surface area contributed by atoms with Gasteiger partial charge in [-0.3, -0.25) is 0 Å². The number of halogens is 2. The third-order valence-corrected chi connectivity index (χ3v) is 6.17. The lowest BCUT2D eigenvalue weighted by Gasteiger charge is -2.31. The Hall–Kier alpha value is -3.18. The van der Waals surface area contributed by atoms with Crippen molar-refractivity contribution in [3.05, 3.63) is 101 Å². The molecule has 0 saturated carbocycles. The van der Waals surface area contributed by atoms with Crippen LogP contribution in [0.5, 0.6) is 5.75 Å². The van der Waals surface area contributed by atoms with Crippen molar-refractivity contribution in [3.8, 4) is 5.75 Å². The summed E-state index contributed by atoms with van der Waals surface area (Å²) >= 11 is 0. The van der Waals surface area contributed by atoms with E-state index in [1.165, 1.54) is 22.1 Å². The van der Waals surface area contributed by atoms with Gasteiger partial charge in [-0.2, -0.15) is 8.78 Å². The van der Waals surface area contributed by atoms with Gasteiger partial charge in [0, 0.05) is 29.1 Å². The second kappa shape index (κ2) is 8.16. The molecule has 2 atom stereocenters. The molecule has 0 fully saturated rings. The molecule has 0 radical (unpaired) electrons. The first-order chi connectivity index (χ1) is 15.1. The molecule has 1 aliphatic rings. The summed E-state index contributed by atoms with van der Waals surface area (Å²) in [5.74, 6) is 0.398. The van der Waals surface area contributed by atoms with Crippen LogP contribution in [0, 0.1) is 0 Å². The molecule has 5 heteroatoms. The molecular weight excluding hydrogens is 394 g/mol. The summed E-state index contributed by atoms with van der Waals surface area (Å²) in [6.07, 6.45) is 1.02. The second-order valence-electron chi connectivity index (χ2n) is 7.93. The molecular formula is C26H24F2N2O. The number of para-hydroxylation sites is 1. The Morgan fingerprint density at radius 1 is 0.935 bits per heavy atom. The Balaban J connectivity index is 1.57. The third kappa shape index (κ3) is 3.70. The molecule has 3 aromatic carbocycles. The number of aromatic nitrogens is 1. The van der Waals surface area contributed by atoms with Gasteiger partial charge in [0.15, 0.2) is 0 Å². The minimum atomic E-state index is -2.82. The maximum absolute atomic E-state index is 12.5.